The van der Waals surface area contributed by atoms with Gasteiger partial charge in [0.05, 0.1) is 11.4 Å². The van der Waals surface area contributed by atoms with Gasteiger partial charge in [0, 0.05) is 11.3 Å². The number of aryl methyl sites for hydroxylation is 3. The SMILES string of the molecule is Cc1ccc(-c2nc(CSc3nnnn3-c3ccccc3C)co2)c(C)c1. The van der Waals surface area contributed by atoms with Gasteiger partial charge in [-0.3, -0.25) is 0 Å². The molecule has 0 unspecified atom stereocenters. The second-order valence-corrected chi connectivity index (χ2v) is 7.35. The number of thioether (sulfide) groups is 1. The molecule has 0 N–H and O–H groups in total. The maximum atomic E-state index is 5.69. The summed E-state index contributed by atoms with van der Waals surface area (Å²) >= 11 is 1.53. The summed E-state index contributed by atoms with van der Waals surface area (Å²) in [4.78, 5) is 4.63. The van der Waals surface area contributed by atoms with Crippen molar-refractivity contribution in [3.63, 3.8) is 0 Å². The fourth-order valence-corrected chi connectivity index (χ4v) is 3.67. The third-order valence-corrected chi connectivity index (χ3v) is 5.25. The quantitative estimate of drug-likeness (QED) is 0.476. The maximum absolute atomic E-state index is 5.69. The molecule has 0 aliphatic rings. The van der Waals surface area contributed by atoms with E-state index in [2.05, 4.69) is 46.5 Å². The summed E-state index contributed by atoms with van der Waals surface area (Å²) < 4.78 is 7.45. The van der Waals surface area contributed by atoms with Crippen molar-refractivity contribution in [2.45, 2.75) is 31.7 Å². The lowest BCUT2D eigenvalue weighted by Gasteiger charge is -2.06. The van der Waals surface area contributed by atoms with Crippen LogP contribution in [0.2, 0.25) is 0 Å². The first kappa shape index (κ1) is 17.5. The first-order valence-corrected chi connectivity index (χ1v) is 9.59. The minimum atomic E-state index is 0.626. The number of para-hydroxylation sites is 1. The Morgan fingerprint density at radius 1 is 1.04 bits per heavy atom. The van der Waals surface area contributed by atoms with Gasteiger partial charge >= 0.3 is 0 Å². The Morgan fingerprint density at radius 2 is 1.89 bits per heavy atom. The number of hydrogen-bond acceptors (Lipinski definition) is 6. The molecule has 2 aromatic heterocycles. The van der Waals surface area contributed by atoms with E-state index < -0.39 is 0 Å². The Labute approximate surface area is 161 Å². The minimum Gasteiger partial charge on any atom is -0.444 e. The van der Waals surface area contributed by atoms with E-state index in [1.165, 1.54) is 17.3 Å². The number of oxazole rings is 1. The van der Waals surface area contributed by atoms with Crippen molar-refractivity contribution in [3.05, 3.63) is 71.1 Å². The summed E-state index contributed by atoms with van der Waals surface area (Å²) in [5, 5.41) is 12.8. The highest BCUT2D eigenvalue weighted by Crippen LogP contribution is 2.27. The average Bonchev–Trinajstić information content (AvgIpc) is 3.29. The van der Waals surface area contributed by atoms with Crippen LogP contribution < -0.4 is 0 Å². The van der Waals surface area contributed by atoms with Crippen molar-refractivity contribution in [2.24, 2.45) is 0 Å². The Morgan fingerprint density at radius 3 is 2.70 bits per heavy atom. The molecule has 2 heterocycles. The Hall–Kier alpha value is -2.93. The topological polar surface area (TPSA) is 69.6 Å². The van der Waals surface area contributed by atoms with Crippen LogP contribution in [0.25, 0.3) is 17.1 Å². The second-order valence-electron chi connectivity index (χ2n) is 6.41. The largest absolute Gasteiger partial charge is 0.444 e. The first-order valence-electron chi connectivity index (χ1n) is 8.61. The molecule has 27 heavy (non-hydrogen) atoms. The van der Waals surface area contributed by atoms with E-state index in [9.17, 15) is 0 Å². The molecule has 0 bridgehead atoms. The molecule has 0 amide bonds. The van der Waals surface area contributed by atoms with Crippen LogP contribution in [0.15, 0.2) is 58.3 Å². The van der Waals surface area contributed by atoms with Crippen LogP contribution in [0, 0.1) is 20.8 Å². The number of benzene rings is 2. The van der Waals surface area contributed by atoms with E-state index in [4.69, 9.17) is 4.42 Å². The van der Waals surface area contributed by atoms with Gasteiger partial charge in [0.25, 0.3) is 0 Å². The molecule has 6 nitrogen and oxygen atoms in total. The number of nitrogens with zero attached hydrogens (tertiary/aromatic N) is 5. The third kappa shape index (κ3) is 3.64. The summed E-state index contributed by atoms with van der Waals surface area (Å²) in [6.45, 7) is 6.18. The average molecular weight is 377 g/mol. The van der Waals surface area contributed by atoms with Crippen molar-refractivity contribution in [1.29, 1.82) is 0 Å². The van der Waals surface area contributed by atoms with Crippen LogP contribution in [0.4, 0.5) is 0 Å². The maximum Gasteiger partial charge on any atom is 0.226 e. The summed E-state index contributed by atoms with van der Waals surface area (Å²) in [5.74, 6) is 1.27. The van der Waals surface area contributed by atoms with Crippen LogP contribution in [-0.2, 0) is 5.75 Å². The van der Waals surface area contributed by atoms with Gasteiger partial charge in [-0.15, -0.1) is 5.10 Å². The monoisotopic (exact) mass is 377 g/mol. The van der Waals surface area contributed by atoms with Gasteiger partial charge in [0.2, 0.25) is 11.0 Å². The molecule has 0 aliphatic carbocycles. The fraction of sp³-hybridized carbons (Fsp3) is 0.200. The standard InChI is InChI=1S/C20H19N5OS/c1-13-8-9-17(15(3)10-13)19-21-16(11-26-19)12-27-20-22-23-24-25(20)18-7-5-4-6-14(18)2/h4-11H,12H2,1-3H3. The molecule has 0 radical (unpaired) electrons. The Balaban J connectivity index is 1.52. The van der Waals surface area contributed by atoms with Crippen LogP contribution in [0.1, 0.15) is 22.4 Å². The molecule has 7 heteroatoms. The van der Waals surface area contributed by atoms with E-state index in [0.717, 1.165) is 33.2 Å². The zero-order valence-corrected chi connectivity index (χ0v) is 16.2. The van der Waals surface area contributed by atoms with Gasteiger partial charge in [-0.1, -0.05) is 47.7 Å². The number of hydrogen-bond donors (Lipinski definition) is 0. The van der Waals surface area contributed by atoms with Gasteiger partial charge in [0.1, 0.15) is 6.26 Å². The van der Waals surface area contributed by atoms with E-state index >= 15 is 0 Å². The summed E-state index contributed by atoms with van der Waals surface area (Å²) in [5.41, 5.74) is 6.34. The molecule has 0 spiro atoms. The summed E-state index contributed by atoms with van der Waals surface area (Å²) in [7, 11) is 0. The lowest BCUT2D eigenvalue weighted by Crippen LogP contribution is -2.01. The van der Waals surface area contributed by atoms with E-state index in [-0.39, 0.29) is 0 Å². The van der Waals surface area contributed by atoms with Crippen molar-refractivity contribution >= 4 is 11.8 Å². The molecule has 4 aromatic rings. The molecular weight excluding hydrogens is 358 g/mol. The minimum absolute atomic E-state index is 0.626. The van der Waals surface area contributed by atoms with Gasteiger partial charge < -0.3 is 4.42 Å². The number of rotatable bonds is 5. The second kappa shape index (κ2) is 7.36. The molecule has 0 aliphatic heterocycles. The molecule has 2 aromatic carbocycles. The molecule has 0 atom stereocenters. The van der Waals surface area contributed by atoms with Crippen LogP contribution >= 0.6 is 11.8 Å². The van der Waals surface area contributed by atoms with Crippen molar-refractivity contribution < 1.29 is 4.42 Å². The molecular formula is C20H19N5OS. The predicted octanol–water partition coefficient (Wildman–Crippen LogP) is 4.53. The summed E-state index contributed by atoms with van der Waals surface area (Å²) in [6.07, 6.45) is 1.70. The van der Waals surface area contributed by atoms with Gasteiger partial charge in [-0.2, -0.15) is 4.68 Å². The number of tetrazole rings is 1. The Bertz CT molecular complexity index is 1090. The highest BCUT2D eigenvalue weighted by molar-refractivity contribution is 7.98. The zero-order valence-electron chi connectivity index (χ0n) is 15.4. The zero-order chi connectivity index (χ0) is 18.8. The Kier molecular flexibility index (Phi) is 4.77. The first-order chi connectivity index (χ1) is 13.1. The normalized spacial score (nSPS) is 11.1. The predicted molar refractivity (Wildman–Crippen MR) is 105 cm³/mol. The molecule has 136 valence electrons. The van der Waals surface area contributed by atoms with Gasteiger partial charge in [-0.25, -0.2) is 4.98 Å². The third-order valence-electron chi connectivity index (χ3n) is 4.30. The molecule has 0 saturated carbocycles. The molecule has 0 saturated heterocycles. The van der Waals surface area contributed by atoms with Crippen LogP contribution in [-0.4, -0.2) is 25.2 Å². The molecule has 4 rings (SSSR count). The highest BCUT2D eigenvalue weighted by Gasteiger charge is 2.14. The molecule has 0 fully saturated rings. The van der Waals surface area contributed by atoms with E-state index in [1.54, 1.807) is 10.9 Å². The van der Waals surface area contributed by atoms with Crippen LogP contribution in [0.3, 0.4) is 0 Å². The lowest BCUT2D eigenvalue weighted by atomic mass is 10.1. The van der Waals surface area contributed by atoms with E-state index in [0.29, 0.717) is 11.6 Å². The van der Waals surface area contributed by atoms with E-state index in [1.807, 2.05) is 37.3 Å². The van der Waals surface area contributed by atoms with Crippen molar-refractivity contribution in [1.82, 2.24) is 25.2 Å². The van der Waals surface area contributed by atoms with Gasteiger partial charge in [-0.05, 0) is 54.5 Å². The smallest absolute Gasteiger partial charge is 0.226 e. The van der Waals surface area contributed by atoms with Crippen LogP contribution in [0.5, 0.6) is 0 Å². The van der Waals surface area contributed by atoms with Crippen molar-refractivity contribution in [3.8, 4) is 17.1 Å². The highest BCUT2D eigenvalue weighted by atomic mass is 32.2. The summed E-state index contributed by atoms with van der Waals surface area (Å²) in [6, 6.07) is 14.3. The van der Waals surface area contributed by atoms with Gasteiger partial charge in [0.15, 0.2) is 0 Å². The number of aromatic nitrogens is 5. The lowest BCUT2D eigenvalue weighted by molar-refractivity contribution is 0.573. The fourth-order valence-electron chi connectivity index (χ4n) is 2.91. The van der Waals surface area contributed by atoms with Crippen molar-refractivity contribution in [2.75, 3.05) is 0 Å².